The van der Waals surface area contributed by atoms with E-state index in [0.29, 0.717) is 6.04 Å². The first-order valence-corrected chi connectivity index (χ1v) is 9.99. The van der Waals surface area contributed by atoms with Crippen LogP contribution in [0.5, 0.6) is 5.75 Å². The van der Waals surface area contributed by atoms with Crippen molar-refractivity contribution >= 4 is 11.7 Å². The molecule has 4 rings (SSSR count). The van der Waals surface area contributed by atoms with Crippen LogP contribution < -0.4 is 15.4 Å². The predicted octanol–water partition coefficient (Wildman–Crippen LogP) is 2.87. The van der Waals surface area contributed by atoms with Crippen molar-refractivity contribution in [3.63, 3.8) is 0 Å². The number of nitrogens with zero attached hydrogens (tertiary/aromatic N) is 2. The van der Waals surface area contributed by atoms with E-state index in [9.17, 15) is 4.79 Å². The summed E-state index contributed by atoms with van der Waals surface area (Å²) >= 11 is 0. The van der Waals surface area contributed by atoms with Crippen molar-refractivity contribution in [1.82, 2.24) is 15.1 Å². The van der Waals surface area contributed by atoms with Crippen LogP contribution in [0.1, 0.15) is 6.42 Å². The van der Waals surface area contributed by atoms with E-state index in [-0.39, 0.29) is 6.03 Å². The molecule has 2 amide bonds. The number of methoxy groups -OCH3 is 1. The van der Waals surface area contributed by atoms with Gasteiger partial charge >= 0.3 is 6.03 Å². The number of amides is 2. The third kappa shape index (κ3) is 4.13. The minimum Gasteiger partial charge on any atom is -0.496 e. The van der Waals surface area contributed by atoms with Gasteiger partial charge in [-0.15, -0.1) is 0 Å². The number of urea groups is 1. The number of rotatable bonds is 4. The number of piperazine rings is 1. The molecule has 0 aromatic heterocycles. The highest BCUT2D eigenvalue weighted by molar-refractivity contribution is 5.89. The van der Waals surface area contributed by atoms with Crippen LogP contribution >= 0.6 is 0 Å². The lowest BCUT2D eigenvalue weighted by atomic mass is 10.0. The summed E-state index contributed by atoms with van der Waals surface area (Å²) in [5, 5.41) is 6.45. The van der Waals surface area contributed by atoms with Gasteiger partial charge in [-0.25, -0.2) is 4.79 Å². The van der Waals surface area contributed by atoms with Gasteiger partial charge in [0.05, 0.1) is 7.11 Å². The van der Waals surface area contributed by atoms with Gasteiger partial charge in [0.2, 0.25) is 0 Å². The SMILES string of the molecule is COc1ccccc1-c1ccc(NC(=O)N2CCN(C3CCNC3)CC2)cc1. The van der Waals surface area contributed by atoms with Gasteiger partial charge in [0, 0.05) is 50.0 Å². The minimum absolute atomic E-state index is 0.0192. The van der Waals surface area contributed by atoms with Crippen LogP contribution in [0.4, 0.5) is 10.5 Å². The molecule has 0 radical (unpaired) electrons. The molecule has 0 spiro atoms. The Morgan fingerprint density at radius 2 is 1.82 bits per heavy atom. The molecule has 0 saturated carbocycles. The van der Waals surface area contributed by atoms with Crippen LogP contribution in [0.15, 0.2) is 48.5 Å². The first-order chi connectivity index (χ1) is 13.7. The largest absolute Gasteiger partial charge is 0.496 e. The average molecular weight is 380 g/mol. The summed E-state index contributed by atoms with van der Waals surface area (Å²) in [6.45, 7) is 5.64. The zero-order chi connectivity index (χ0) is 19.3. The summed E-state index contributed by atoms with van der Waals surface area (Å²) in [7, 11) is 1.68. The summed E-state index contributed by atoms with van der Waals surface area (Å²) in [5.41, 5.74) is 2.92. The Hall–Kier alpha value is -2.57. The molecule has 1 unspecified atom stereocenters. The van der Waals surface area contributed by atoms with E-state index in [1.54, 1.807) is 7.11 Å². The van der Waals surface area contributed by atoms with Crippen LogP contribution in [0.25, 0.3) is 11.1 Å². The molecule has 2 aliphatic heterocycles. The van der Waals surface area contributed by atoms with Crippen LogP contribution in [-0.2, 0) is 0 Å². The Kier molecular flexibility index (Phi) is 5.78. The van der Waals surface area contributed by atoms with Crippen molar-refractivity contribution in [2.75, 3.05) is 51.7 Å². The van der Waals surface area contributed by atoms with E-state index < -0.39 is 0 Å². The Morgan fingerprint density at radius 1 is 1.07 bits per heavy atom. The summed E-state index contributed by atoms with van der Waals surface area (Å²) < 4.78 is 5.44. The Labute approximate surface area is 166 Å². The molecule has 2 fully saturated rings. The van der Waals surface area contributed by atoms with E-state index in [0.717, 1.165) is 61.8 Å². The highest BCUT2D eigenvalue weighted by Crippen LogP contribution is 2.30. The van der Waals surface area contributed by atoms with Crippen LogP contribution in [0.3, 0.4) is 0 Å². The third-order valence-electron chi connectivity index (χ3n) is 5.71. The van der Waals surface area contributed by atoms with Crippen molar-refractivity contribution in [3.05, 3.63) is 48.5 Å². The number of hydrogen-bond acceptors (Lipinski definition) is 4. The number of para-hydroxylation sites is 1. The second-order valence-corrected chi connectivity index (χ2v) is 7.38. The average Bonchev–Trinajstić information content (AvgIpc) is 3.29. The zero-order valence-electron chi connectivity index (χ0n) is 16.4. The second kappa shape index (κ2) is 8.63. The Balaban J connectivity index is 1.34. The molecule has 2 aromatic rings. The molecule has 2 aromatic carbocycles. The van der Waals surface area contributed by atoms with E-state index in [2.05, 4.69) is 15.5 Å². The van der Waals surface area contributed by atoms with Crippen molar-refractivity contribution in [2.45, 2.75) is 12.5 Å². The fourth-order valence-electron chi connectivity index (χ4n) is 4.06. The number of ether oxygens (including phenoxy) is 1. The third-order valence-corrected chi connectivity index (χ3v) is 5.71. The standard InChI is InChI=1S/C22H28N4O2/c1-28-21-5-3-2-4-20(21)17-6-8-18(9-7-17)24-22(27)26-14-12-25(13-15-26)19-10-11-23-16-19/h2-9,19,23H,10-16H2,1H3,(H,24,27). The topological polar surface area (TPSA) is 56.8 Å². The molecule has 148 valence electrons. The highest BCUT2D eigenvalue weighted by atomic mass is 16.5. The van der Waals surface area contributed by atoms with E-state index >= 15 is 0 Å². The molecule has 0 bridgehead atoms. The van der Waals surface area contributed by atoms with E-state index in [4.69, 9.17) is 4.74 Å². The van der Waals surface area contributed by atoms with Gasteiger partial charge in [0.15, 0.2) is 0 Å². The lowest BCUT2D eigenvalue weighted by Crippen LogP contribution is -2.53. The normalized spacial score (nSPS) is 20.2. The number of nitrogens with one attached hydrogen (secondary N) is 2. The van der Waals surface area contributed by atoms with Gasteiger partial charge in [-0.3, -0.25) is 4.90 Å². The fraction of sp³-hybridized carbons (Fsp3) is 0.409. The van der Waals surface area contributed by atoms with Crippen LogP contribution in [0, 0.1) is 0 Å². The lowest BCUT2D eigenvalue weighted by molar-refractivity contribution is 0.119. The molecular formula is C22H28N4O2. The zero-order valence-corrected chi connectivity index (χ0v) is 16.4. The summed E-state index contributed by atoms with van der Waals surface area (Å²) in [5.74, 6) is 0.842. The maximum absolute atomic E-state index is 12.6. The van der Waals surface area contributed by atoms with Crippen molar-refractivity contribution in [1.29, 1.82) is 0 Å². The van der Waals surface area contributed by atoms with Gasteiger partial charge in [-0.2, -0.15) is 0 Å². The van der Waals surface area contributed by atoms with Gasteiger partial charge in [0.1, 0.15) is 5.75 Å². The molecule has 6 nitrogen and oxygen atoms in total. The maximum Gasteiger partial charge on any atom is 0.321 e. The van der Waals surface area contributed by atoms with Crippen LogP contribution in [0.2, 0.25) is 0 Å². The fourth-order valence-corrected chi connectivity index (χ4v) is 4.06. The summed E-state index contributed by atoms with van der Waals surface area (Å²) in [6, 6.07) is 16.5. The molecule has 6 heteroatoms. The quantitative estimate of drug-likeness (QED) is 0.856. The monoisotopic (exact) mass is 380 g/mol. The number of benzene rings is 2. The molecule has 28 heavy (non-hydrogen) atoms. The number of carbonyl (C=O) groups excluding carboxylic acids is 1. The van der Waals surface area contributed by atoms with Crippen molar-refractivity contribution in [2.24, 2.45) is 0 Å². The smallest absolute Gasteiger partial charge is 0.321 e. The van der Waals surface area contributed by atoms with Gasteiger partial charge in [0.25, 0.3) is 0 Å². The molecule has 2 N–H and O–H groups in total. The highest BCUT2D eigenvalue weighted by Gasteiger charge is 2.27. The van der Waals surface area contributed by atoms with Gasteiger partial charge < -0.3 is 20.3 Å². The molecular weight excluding hydrogens is 352 g/mol. The van der Waals surface area contributed by atoms with Gasteiger partial charge in [-0.1, -0.05) is 30.3 Å². The van der Waals surface area contributed by atoms with E-state index in [1.165, 1.54) is 6.42 Å². The molecule has 0 aliphatic carbocycles. The Bertz CT molecular complexity index is 794. The second-order valence-electron chi connectivity index (χ2n) is 7.38. The predicted molar refractivity (Wildman–Crippen MR) is 112 cm³/mol. The first kappa shape index (κ1) is 18.8. The number of hydrogen-bond donors (Lipinski definition) is 2. The summed E-state index contributed by atoms with van der Waals surface area (Å²) in [6.07, 6.45) is 1.21. The van der Waals surface area contributed by atoms with Crippen LogP contribution in [-0.4, -0.2) is 68.3 Å². The lowest BCUT2D eigenvalue weighted by Gasteiger charge is -2.37. The summed E-state index contributed by atoms with van der Waals surface area (Å²) in [4.78, 5) is 17.0. The Morgan fingerprint density at radius 3 is 2.50 bits per heavy atom. The molecule has 1 atom stereocenters. The molecule has 2 heterocycles. The van der Waals surface area contributed by atoms with Gasteiger partial charge in [-0.05, 0) is 36.7 Å². The number of carbonyl (C=O) groups is 1. The van der Waals surface area contributed by atoms with E-state index in [1.807, 2.05) is 53.4 Å². The first-order valence-electron chi connectivity index (χ1n) is 9.99. The maximum atomic E-state index is 12.6. The van der Waals surface area contributed by atoms with Crippen molar-refractivity contribution in [3.8, 4) is 16.9 Å². The molecule has 2 saturated heterocycles. The minimum atomic E-state index is -0.0192. The van der Waals surface area contributed by atoms with Crippen molar-refractivity contribution < 1.29 is 9.53 Å². The molecule has 2 aliphatic rings. The number of anilines is 1.